The van der Waals surface area contributed by atoms with E-state index in [9.17, 15) is 49.1 Å². The number of hydrogen-bond acceptors (Lipinski definition) is 2. The Balaban J connectivity index is 2.34. The molecule has 0 heterocycles. The van der Waals surface area contributed by atoms with Gasteiger partial charge in [-0.05, 0) is 61.2 Å². The molecule has 0 aliphatic heterocycles. The Morgan fingerprint density at radius 2 is 1.55 bits per heavy atom. The summed E-state index contributed by atoms with van der Waals surface area (Å²) in [5.41, 5.74) is -2.78. The molecular formula is C24H18Br2F9NO2. The van der Waals surface area contributed by atoms with Gasteiger partial charge >= 0.3 is 18.5 Å². The highest BCUT2D eigenvalue weighted by atomic mass is 79.9. The van der Waals surface area contributed by atoms with Crippen LogP contribution < -0.4 is 5.32 Å². The summed E-state index contributed by atoms with van der Waals surface area (Å²) >= 11 is 6.24. The average molecular weight is 683 g/mol. The van der Waals surface area contributed by atoms with Crippen LogP contribution in [-0.2, 0) is 11.0 Å². The number of nitrogens with one attached hydrogen (secondary N) is 1. The number of allylic oxidation sites excluding steroid dienone is 1. The third-order valence-electron chi connectivity index (χ3n) is 5.19. The van der Waals surface area contributed by atoms with E-state index in [1.54, 1.807) is 5.32 Å². The number of benzene rings is 2. The molecule has 14 heteroatoms. The predicted molar refractivity (Wildman–Crippen MR) is 128 cm³/mol. The van der Waals surface area contributed by atoms with E-state index in [0.29, 0.717) is 21.1 Å². The molecule has 3 nitrogen and oxygen atoms in total. The molecule has 0 saturated carbocycles. The molecule has 2 aromatic rings. The van der Waals surface area contributed by atoms with Crippen LogP contribution in [0.2, 0.25) is 0 Å². The predicted octanol–water partition coefficient (Wildman–Crippen LogP) is 8.48. The van der Waals surface area contributed by atoms with Crippen molar-refractivity contribution in [3.05, 3.63) is 73.7 Å². The van der Waals surface area contributed by atoms with Gasteiger partial charge in [0.15, 0.2) is 5.78 Å². The van der Waals surface area contributed by atoms with Crippen molar-refractivity contribution in [1.29, 1.82) is 0 Å². The van der Waals surface area contributed by atoms with E-state index in [0.717, 1.165) is 25.1 Å². The zero-order valence-electron chi connectivity index (χ0n) is 19.2. The first-order valence-electron chi connectivity index (χ1n) is 10.6. The third-order valence-corrected chi connectivity index (χ3v) is 7.07. The van der Waals surface area contributed by atoms with Gasteiger partial charge in [-0.2, -0.15) is 39.5 Å². The van der Waals surface area contributed by atoms with Crippen molar-refractivity contribution in [1.82, 2.24) is 5.32 Å². The number of carbonyl (C=O) groups is 2. The lowest BCUT2D eigenvalue weighted by molar-refractivity contribution is -0.140. The fraction of sp³-hybridized carbons (Fsp3) is 0.333. The quantitative estimate of drug-likeness (QED) is 0.224. The monoisotopic (exact) mass is 681 g/mol. The number of Topliss-reactive ketones (excluding diaryl/α,β-unsaturated/α-hetero) is 1. The highest BCUT2D eigenvalue weighted by Gasteiger charge is 2.39. The molecule has 0 spiro atoms. The lowest BCUT2D eigenvalue weighted by Gasteiger charge is -2.18. The molecule has 38 heavy (non-hydrogen) atoms. The summed E-state index contributed by atoms with van der Waals surface area (Å²) in [4.78, 5) is 24.3. The summed E-state index contributed by atoms with van der Waals surface area (Å²) in [5.74, 6) is -5.88. The molecule has 0 saturated heterocycles. The number of hydrogen-bond donors (Lipinski definition) is 1. The topological polar surface area (TPSA) is 46.2 Å². The van der Waals surface area contributed by atoms with Crippen molar-refractivity contribution in [3.8, 4) is 0 Å². The number of ketones is 1. The second-order valence-electron chi connectivity index (χ2n) is 8.22. The molecular weight excluding hydrogens is 665 g/mol. The fourth-order valence-corrected chi connectivity index (χ4v) is 3.95. The van der Waals surface area contributed by atoms with Crippen molar-refractivity contribution in [2.45, 2.75) is 37.8 Å². The van der Waals surface area contributed by atoms with Gasteiger partial charge in [0.1, 0.15) is 6.54 Å². The minimum Gasteiger partial charge on any atom is -0.347 e. The van der Waals surface area contributed by atoms with Crippen LogP contribution >= 0.6 is 31.9 Å². The second-order valence-corrected chi connectivity index (χ2v) is 9.92. The van der Waals surface area contributed by atoms with Gasteiger partial charge in [-0.1, -0.05) is 37.3 Å². The van der Waals surface area contributed by atoms with E-state index in [1.165, 1.54) is 18.2 Å². The van der Waals surface area contributed by atoms with Crippen LogP contribution in [0.5, 0.6) is 0 Å². The van der Waals surface area contributed by atoms with Gasteiger partial charge in [-0.3, -0.25) is 9.59 Å². The molecule has 2 rings (SSSR count). The van der Waals surface area contributed by atoms with Crippen LogP contribution in [0.4, 0.5) is 39.5 Å². The van der Waals surface area contributed by atoms with Crippen LogP contribution in [0.25, 0.3) is 6.08 Å². The van der Waals surface area contributed by atoms with Gasteiger partial charge in [-0.15, -0.1) is 0 Å². The van der Waals surface area contributed by atoms with E-state index in [2.05, 4.69) is 31.9 Å². The zero-order chi connectivity index (χ0) is 29.1. The Labute approximate surface area is 227 Å². The number of carbonyl (C=O) groups excluding carboxylic acids is 2. The highest BCUT2D eigenvalue weighted by molar-refractivity contribution is 9.13. The first kappa shape index (κ1) is 31.9. The molecule has 1 amide bonds. The first-order valence-corrected chi connectivity index (χ1v) is 12.2. The minimum atomic E-state index is -5.09. The molecule has 0 aromatic heterocycles. The summed E-state index contributed by atoms with van der Waals surface area (Å²) in [5, 5.41) is 1.55. The maximum atomic E-state index is 13.7. The van der Waals surface area contributed by atoms with Crippen LogP contribution in [0.3, 0.4) is 0 Å². The van der Waals surface area contributed by atoms with Crippen molar-refractivity contribution in [3.63, 3.8) is 0 Å². The van der Waals surface area contributed by atoms with E-state index in [1.807, 2.05) is 0 Å². The summed E-state index contributed by atoms with van der Waals surface area (Å²) in [7, 11) is 0. The summed E-state index contributed by atoms with van der Waals surface area (Å²) in [6.07, 6.45) is -13.9. The van der Waals surface area contributed by atoms with Crippen LogP contribution in [0, 0.1) is 5.92 Å². The molecule has 0 aliphatic rings. The third kappa shape index (κ3) is 9.14. The summed E-state index contributed by atoms with van der Waals surface area (Å²) < 4.78 is 120. The first-order chi connectivity index (χ1) is 17.3. The van der Waals surface area contributed by atoms with E-state index in [-0.39, 0.29) is 11.1 Å². The van der Waals surface area contributed by atoms with E-state index < -0.39 is 66.1 Å². The van der Waals surface area contributed by atoms with Crippen molar-refractivity contribution in [2.75, 3.05) is 6.54 Å². The Hall–Kier alpha value is -2.35. The van der Waals surface area contributed by atoms with Gasteiger partial charge in [0.2, 0.25) is 5.91 Å². The largest absolute Gasteiger partial charge is 0.417 e. The van der Waals surface area contributed by atoms with Crippen LogP contribution in [0.15, 0.2) is 51.4 Å². The molecule has 2 atom stereocenters. The molecule has 2 aromatic carbocycles. The number of alkyl halides is 9. The van der Waals surface area contributed by atoms with Gasteiger partial charge < -0.3 is 5.32 Å². The molecule has 0 bridgehead atoms. The Bertz CT molecular complexity index is 1200. The van der Waals surface area contributed by atoms with Gasteiger partial charge in [0.25, 0.3) is 0 Å². The molecule has 1 N–H and O–H groups in total. The lowest BCUT2D eigenvalue weighted by Crippen LogP contribution is -2.37. The van der Waals surface area contributed by atoms with Crippen molar-refractivity contribution >= 4 is 49.6 Å². The van der Waals surface area contributed by atoms with Crippen molar-refractivity contribution in [2.24, 2.45) is 5.92 Å². The molecule has 208 valence electrons. The normalized spacial score (nSPS) is 14.4. The SMILES string of the molecule is C[C@@H](CC(=O)c1ccc(/C=C/C(c2ccc(Br)c(Br)c2)C(F)(F)F)cc1C(F)(F)F)C(=O)NCC(F)(F)F. The van der Waals surface area contributed by atoms with Crippen molar-refractivity contribution < 1.29 is 49.1 Å². The highest BCUT2D eigenvalue weighted by Crippen LogP contribution is 2.39. The standard InChI is InChI=1S/C24H18Br2F9NO2/c1-12(21(38)36-11-22(27,28)29)8-20(37)15-5-2-13(9-17(15)24(33,34)35)3-6-16(23(30,31)32)14-4-7-18(25)19(26)10-14/h2-7,9-10,12,16H,8,11H2,1H3,(H,36,38)/b6-3+/t12-,16?/m0/s1. The molecule has 0 fully saturated rings. The zero-order valence-corrected chi connectivity index (χ0v) is 22.3. The van der Waals surface area contributed by atoms with E-state index >= 15 is 0 Å². The second kappa shape index (κ2) is 12.2. The fourth-order valence-electron chi connectivity index (χ4n) is 3.31. The summed E-state index contributed by atoms with van der Waals surface area (Å²) in [6, 6.07) is 6.03. The van der Waals surface area contributed by atoms with Gasteiger partial charge in [0.05, 0.1) is 11.5 Å². The maximum Gasteiger partial charge on any atom is 0.417 e. The van der Waals surface area contributed by atoms with E-state index in [4.69, 9.17) is 0 Å². The number of halogens is 11. The number of rotatable bonds is 8. The number of amides is 1. The summed E-state index contributed by atoms with van der Waals surface area (Å²) in [6.45, 7) is -0.596. The lowest BCUT2D eigenvalue weighted by atomic mass is 9.93. The maximum absolute atomic E-state index is 13.7. The van der Waals surface area contributed by atoms with Gasteiger partial charge in [-0.25, -0.2) is 0 Å². The van der Waals surface area contributed by atoms with Crippen LogP contribution in [-0.4, -0.2) is 30.6 Å². The Morgan fingerprint density at radius 1 is 0.921 bits per heavy atom. The smallest absolute Gasteiger partial charge is 0.347 e. The molecule has 1 unspecified atom stereocenters. The average Bonchev–Trinajstić information content (AvgIpc) is 2.77. The minimum absolute atomic E-state index is 0.176. The Kier molecular flexibility index (Phi) is 10.3. The molecule has 0 aliphatic carbocycles. The Morgan fingerprint density at radius 3 is 2.08 bits per heavy atom. The molecule has 0 radical (unpaired) electrons. The van der Waals surface area contributed by atoms with Gasteiger partial charge in [0, 0.05) is 26.8 Å². The van der Waals surface area contributed by atoms with Crippen LogP contribution in [0.1, 0.15) is 46.3 Å².